The fourth-order valence-corrected chi connectivity index (χ4v) is 5.44. The topological polar surface area (TPSA) is 72.0 Å². The molecule has 2 aromatic rings. The standard InChI is InChI=1S/C19H21N3O4S/c1-27(23,24)22-12-19(18-15(22)3-2-7-20-18)6-8-21(11-19)10-14-4-5-16-17(9-14)26-13-25-16/h2-5,7,9H,6,8,10-13H2,1H3/t19-/m1/s1. The van der Waals surface area contributed by atoms with Gasteiger partial charge < -0.3 is 9.47 Å². The minimum atomic E-state index is -3.32. The molecule has 1 atom stereocenters. The number of likely N-dealkylation sites (tertiary alicyclic amines) is 1. The fourth-order valence-electron chi connectivity index (χ4n) is 4.45. The lowest BCUT2D eigenvalue weighted by atomic mass is 9.85. The number of pyridine rings is 1. The van der Waals surface area contributed by atoms with Crippen molar-refractivity contribution in [1.29, 1.82) is 0 Å². The van der Waals surface area contributed by atoms with Crippen LogP contribution in [-0.2, 0) is 22.0 Å². The van der Waals surface area contributed by atoms with Crippen molar-refractivity contribution in [2.75, 3.05) is 37.0 Å². The molecule has 1 aromatic carbocycles. The predicted octanol–water partition coefficient (Wildman–Crippen LogP) is 1.73. The average molecular weight is 387 g/mol. The minimum absolute atomic E-state index is 0.240. The third-order valence-corrected chi connectivity index (χ3v) is 6.81. The molecule has 8 heteroatoms. The lowest BCUT2D eigenvalue weighted by Gasteiger charge is -2.25. The van der Waals surface area contributed by atoms with Crippen LogP contribution in [0.2, 0.25) is 0 Å². The molecular formula is C19H21N3O4S. The number of fused-ring (bicyclic) bond motifs is 3. The summed E-state index contributed by atoms with van der Waals surface area (Å²) in [4.78, 5) is 6.94. The van der Waals surface area contributed by atoms with Gasteiger partial charge in [-0.05, 0) is 42.8 Å². The summed E-state index contributed by atoms with van der Waals surface area (Å²) < 4.78 is 36.9. The summed E-state index contributed by atoms with van der Waals surface area (Å²) in [6.45, 7) is 3.23. The highest BCUT2D eigenvalue weighted by Gasteiger charge is 2.50. The van der Waals surface area contributed by atoms with E-state index in [1.54, 1.807) is 12.3 Å². The third kappa shape index (κ3) is 2.74. The zero-order valence-electron chi connectivity index (χ0n) is 15.1. The second-order valence-electron chi connectivity index (χ2n) is 7.57. The first kappa shape index (κ1) is 16.8. The molecule has 142 valence electrons. The van der Waals surface area contributed by atoms with Crippen LogP contribution in [0.25, 0.3) is 0 Å². The molecule has 1 spiro atoms. The highest BCUT2D eigenvalue weighted by Crippen LogP contribution is 2.46. The van der Waals surface area contributed by atoms with Crippen LogP contribution in [0.15, 0.2) is 36.5 Å². The Bertz CT molecular complexity index is 1010. The second-order valence-corrected chi connectivity index (χ2v) is 9.48. The maximum atomic E-state index is 12.3. The van der Waals surface area contributed by atoms with Crippen molar-refractivity contribution in [2.24, 2.45) is 0 Å². The first-order valence-electron chi connectivity index (χ1n) is 8.99. The molecule has 0 N–H and O–H groups in total. The highest BCUT2D eigenvalue weighted by atomic mass is 32.2. The molecule has 0 radical (unpaired) electrons. The van der Waals surface area contributed by atoms with E-state index in [0.717, 1.165) is 54.5 Å². The number of ether oxygens (including phenoxy) is 2. The summed E-state index contributed by atoms with van der Waals surface area (Å²) in [6.07, 6.45) is 3.92. The fraction of sp³-hybridized carbons (Fsp3) is 0.421. The Hall–Kier alpha value is -2.32. The first-order valence-corrected chi connectivity index (χ1v) is 10.8. The Kier molecular flexibility index (Phi) is 3.64. The Morgan fingerprint density at radius 2 is 2.04 bits per heavy atom. The lowest BCUT2D eigenvalue weighted by molar-refractivity contribution is 0.174. The summed E-state index contributed by atoms with van der Waals surface area (Å²) >= 11 is 0. The molecule has 0 saturated carbocycles. The highest BCUT2D eigenvalue weighted by molar-refractivity contribution is 7.92. The number of hydrogen-bond acceptors (Lipinski definition) is 6. The molecular weight excluding hydrogens is 366 g/mol. The van der Waals surface area contributed by atoms with E-state index in [9.17, 15) is 8.42 Å². The maximum Gasteiger partial charge on any atom is 0.232 e. The van der Waals surface area contributed by atoms with Crippen LogP contribution in [0, 0.1) is 0 Å². The van der Waals surface area contributed by atoms with Crippen molar-refractivity contribution in [3.05, 3.63) is 47.8 Å². The first-order chi connectivity index (χ1) is 12.9. The summed E-state index contributed by atoms with van der Waals surface area (Å²) in [5.41, 5.74) is 2.56. The summed E-state index contributed by atoms with van der Waals surface area (Å²) in [5.74, 6) is 1.58. The van der Waals surface area contributed by atoms with Crippen molar-refractivity contribution in [2.45, 2.75) is 18.4 Å². The van der Waals surface area contributed by atoms with Crippen molar-refractivity contribution < 1.29 is 17.9 Å². The van der Waals surface area contributed by atoms with Gasteiger partial charge in [0.25, 0.3) is 0 Å². The number of anilines is 1. The number of benzene rings is 1. The molecule has 1 fully saturated rings. The Morgan fingerprint density at radius 3 is 2.89 bits per heavy atom. The minimum Gasteiger partial charge on any atom is -0.454 e. The molecule has 0 unspecified atom stereocenters. The van der Waals surface area contributed by atoms with Gasteiger partial charge in [-0.2, -0.15) is 0 Å². The molecule has 27 heavy (non-hydrogen) atoms. The summed E-state index contributed by atoms with van der Waals surface area (Å²) in [6, 6.07) is 9.69. The molecule has 3 aliphatic heterocycles. The zero-order valence-corrected chi connectivity index (χ0v) is 15.9. The average Bonchev–Trinajstić information content (AvgIpc) is 3.33. The van der Waals surface area contributed by atoms with Crippen molar-refractivity contribution in [3.63, 3.8) is 0 Å². The van der Waals surface area contributed by atoms with E-state index in [-0.39, 0.29) is 12.2 Å². The predicted molar refractivity (Wildman–Crippen MR) is 101 cm³/mol. The number of aromatic nitrogens is 1. The van der Waals surface area contributed by atoms with Crippen LogP contribution in [-0.4, -0.2) is 51.0 Å². The maximum absolute atomic E-state index is 12.3. The van der Waals surface area contributed by atoms with Gasteiger partial charge in [0.05, 0.1) is 17.6 Å². The molecule has 1 aromatic heterocycles. The second kappa shape index (κ2) is 5.84. The Balaban J connectivity index is 1.40. The Morgan fingerprint density at radius 1 is 1.19 bits per heavy atom. The van der Waals surface area contributed by atoms with Gasteiger partial charge in [0.1, 0.15) is 0 Å². The van der Waals surface area contributed by atoms with E-state index < -0.39 is 10.0 Å². The summed E-state index contributed by atoms with van der Waals surface area (Å²) in [5, 5.41) is 0. The van der Waals surface area contributed by atoms with Gasteiger partial charge >= 0.3 is 0 Å². The van der Waals surface area contributed by atoms with E-state index in [1.807, 2.05) is 18.2 Å². The van der Waals surface area contributed by atoms with Gasteiger partial charge in [0.15, 0.2) is 11.5 Å². The molecule has 0 bridgehead atoms. The summed E-state index contributed by atoms with van der Waals surface area (Å²) in [7, 11) is -3.32. The zero-order chi connectivity index (χ0) is 18.6. The van der Waals surface area contributed by atoms with E-state index in [2.05, 4.69) is 16.0 Å². The van der Waals surface area contributed by atoms with Crippen molar-refractivity contribution in [3.8, 4) is 11.5 Å². The van der Waals surface area contributed by atoms with Gasteiger partial charge in [-0.3, -0.25) is 14.2 Å². The molecule has 7 nitrogen and oxygen atoms in total. The van der Waals surface area contributed by atoms with Crippen LogP contribution >= 0.6 is 0 Å². The van der Waals surface area contributed by atoms with Gasteiger partial charge in [-0.25, -0.2) is 8.42 Å². The van der Waals surface area contributed by atoms with Gasteiger partial charge in [0, 0.05) is 31.2 Å². The quantitative estimate of drug-likeness (QED) is 0.799. The van der Waals surface area contributed by atoms with E-state index in [0.29, 0.717) is 6.54 Å². The van der Waals surface area contributed by atoms with Crippen LogP contribution < -0.4 is 13.8 Å². The van der Waals surface area contributed by atoms with E-state index in [4.69, 9.17) is 9.47 Å². The molecule has 5 rings (SSSR count). The van der Waals surface area contributed by atoms with Gasteiger partial charge in [-0.15, -0.1) is 0 Å². The van der Waals surface area contributed by atoms with Gasteiger partial charge in [0.2, 0.25) is 16.8 Å². The SMILES string of the molecule is CS(=O)(=O)N1C[C@]2(CCN(Cc3ccc4c(c3)OCO4)C2)c2ncccc21. The van der Waals surface area contributed by atoms with Crippen LogP contribution in [0.3, 0.4) is 0 Å². The largest absolute Gasteiger partial charge is 0.454 e. The number of nitrogens with zero attached hydrogens (tertiary/aromatic N) is 3. The molecule has 0 amide bonds. The van der Waals surface area contributed by atoms with Crippen molar-refractivity contribution >= 4 is 15.7 Å². The van der Waals surface area contributed by atoms with Crippen molar-refractivity contribution in [1.82, 2.24) is 9.88 Å². The molecule has 3 aliphatic rings. The monoisotopic (exact) mass is 387 g/mol. The van der Waals surface area contributed by atoms with E-state index in [1.165, 1.54) is 10.6 Å². The number of hydrogen-bond donors (Lipinski definition) is 0. The van der Waals surface area contributed by atoms with Crippen LogP contribution in [0.4, 0.5) is 5.69 Å². The molecule has 1 saturated heterocycles. The van der Waals surface area contributed by atoms with E-state index >= 15 is 0 Å². The van der Waals surface area contributed by atoms with Crippen LogP contribution in [0.5, 0.6) is 11.5 Å². The third-order valence-electron chi connectivity index (χ3n) is 5.68. The van der Waals surface area contributed by atoms with Crippen LogP contribution in [0.1, 0.15) is 17.7 Å². The smallest absolute Gasteiger partial charge is 0.232 e. The Labute approximate surface area is 158 Å². The van der Waals surface area contributed by atoms with Gasteiger partial charge in [-0.1, -0.05) is 6.07 Å². The lowest BCUT2D eigenvalue weighted by Crippen LogP contribution is -2.38. The molecule has 4 heterocycles. The number of rotatable bonds is 3. The normalized spacial score (nSPS) is 24.0. The molecule has 0 aliphatic carbocycles. The number of sulfonamides is 1.